The second-order valence-corrected chi connectivity index (χ2v) is 11.0. The van der Waals surface area contributed by atoms with Crippen molar-refractivity contribution in [3.8, 4) is 11.1 Å². The third-order valence-corrected chi connectivity index (χ3v) is 8.27. The summed E-state index contributed by atoms with van der Waals surface area (Å²) in [6.07, 6.45) is 1.71. The Bertz CT molecular complexity index is 1510. The fourth-order valence-electron chi connectivity index (χ4n) is 6.06. The monoisotopic (exact) mass is 540 g/mol. The van der Waals surface area contributed by atoms with Crippen LogP contribution < -0.4 is 10.5 Å². The highest BCUT2D eigenvalue weighted by Gasteiger charge is 2.33. The molecule has 1 aromatic heterocycles. The molecule has 0 spiro atoms. The summed E-state index contributed by atoms with van der Waals surface area (Å²) in [6.45, 7) is 5.43. The van der Waals surface area contributed by atoms with Gasteiger partial charge in [0.05, 0.1) is 5.92 Å². The third-order valence-electron chi connectivity index (χ3n) is 8.03. The first-order valence-corrected chi connectivity index (χ1v) is 14.2. The van der Waals surface area contributed by atoms with Crippen molar-refractivity contribution in [1.82, 2.24) is 14.8 Å². The molecule has 2 fully saturated rings. The second kappa shape index (κ2) is 11.2. The number of benzene rings is 3. The van der Waals surface area contributed by atoms with Crippen molar-refractivity contribution in [2.75, 3.05) is 44.2 Å². The standard InChI is InChI=1S/C32H33ClN4O2/c33-26-13-14-28-27(20-26)29(24-10-5-2-6-11-24)30(31(38)34-28)37-15-7-12-25(22-37)32(39)36-18-16-35(17-19-36)21-23-8-3-1-4-9-23/h1-6,8-11,13-14,20,25H,7,12,15-19,21-22H2,(H,34,38)/t25-/m1/s1. The number of piperazine rings is 1. The minimum atomic E-state index is -0.133. The molecule has 0 unspecified atom stereocenters. The van der Waals surface area contributed by atoms with E-state index in [2.05, 4.69) is 39.0 Å². The topological polar surface area (TPSA) is 59.7 Å². The Morgan fingerprint density at radius 3 is 2.36 bits per heavy atom. The molecule has 2 aliphatic heterocycles. The van der Waals surface area contributed by atoms with Crippen LogP contribution in [-0.2, 0) is 11.3 Å². The van der Waals surface area contributed by atoms with Crippen LogP contribution in [0.25, 0.3) is 22.0 Å². The quantitative estimate of drug-likeness (QED) is 0.368. The number of carbonyl (C=O) groups is 1. The first-order chi connectivity index (χ1) is 19.1. The minimum Gasteiger partial charge on any atom is -0.366 e. The van der Waals surface area contributed by atoms with E-state index in [9.17, 15) is 9.59 Å². The Hall–Kier alpha value is -3.61. The van der Waals surface area contributed by atoms with Crippen LogP contribution in [0.1, 0.15) is 18.4 Å². The predicted molar refractivity (Wildman–Crippen MR) is 158 cm³/mol. The van der Waals surface area contributed by atoms with Gasteiger partial charge in [-0.3, -0.25) is 14.5 Å². The van der Waals surface area contributed by atoms with E-state index in [0.29, 0.717) is 17.3 Å². The number of carbonyl (C=O) groups excluding carboxylic acids is 1. The lowest BCUT2D eigenvalue weighted by atomic mass is 9.93. The molecule has 3 heterocycles. The lowest BCUT2D eigenvalue weighted by Crippen LogP contribution is -2.52. The Kier molecular flexibility index (Phi) is 7.40. The molecule has 3 aromatic carbocycles. The number of aromatic amines is 1. The van der Waals surface area contributed by atoms with Gasteiger partial charge < -0.3 is 14.8 Å². The zero-order valence-corrected chi connectivity index (χ0v) is 22.7. The molecule has 0 aliphatic carbocycles. The summed E-state index contributed by atoms with van der Waals surface area (Å²) in [5.74, 6) is 0.0816. The number of fused-ring (bicyclic) bond motifs is 1. The van der Waals surface area contributed by atoms with Gasteiger partial charge in [-0.2, -0.15) is 0 Å². The molecule has 6 nitrogen and oxygen atoms in total. The van der Waals surface area contributed by atoms with Crippen LogP contribution in [-0.4, -0.2) is 60.0 Å². The van der Waals surface area contributed by atoms with Gasteiger partial charge in [0.15, 0.2) is 0 Å². The van der Waals surface area contributed by atoms with Crippen molar-refractivity contribution in [1.29, 1.82) is 0 Å². The fourth-order valence-corrected chi connectivity index (χ4v) is 6.23. The summed E-state index contributed by atoms with van der Waals surface area (Å²) in [5, 5.41) is 1.53. The number of rotatable bonds is 5. The molecule has 7 heteroatoms. The van der Waals surface area contributed by atoms with Crippen molar-refractivity contribution in [3.05, 3.63) is 99.8 Å². The van der Waals surface area contributed by atoms with Crippen molar-refractivity contribution in [2.45, 2.75) is 19.4 Å². The zero-order chi connectivity index (χ0) is 26.8. The number of nitrogens with zero attached hydrogens (tertiary/aromatic N) is 3. The van der Waals surface area contributed by atoms with E-state index in [4.69, 9.17) is 11.6 Å². The number of hydrogen-bond donors (Lipinski definition) is 1. The van der Waals surface area contributed by atoms with E-state index in [0.717, 1.165) is 74.1 Å². The largest absolute Gasteiger partial charge is 0.366 e. The molecular weight excluding hydrogens is 508 g/mol. The molecule has 1 amide bonds. The molecule has 200 valence electrons. The van der Waals surface area contributed by atoms with E-state index < -0.39 is 0 Å². The number of amides is 1. The molecule has 0 saturated carbocycles. The lowest BCUT2D eigenvalue weighted by molar-refractivity contribution is -0.137. The number of aromatic nitrogens is 1. The van der Waals surface area contributed by atoms with Gasteiger partial charge in [0.2, 0.25) is 5.91 Å². The van der Waals surface area contributed by atoms with Gasteiger partial charge in [-0.05, 0) is 42.2 Å². The number of hydrogen-bond acceptors (Lipinski definition) is 4. The van der Waals surface area contributed by atoms with Crippen LogP contribution in [0.3, 0.4) is 0 Å². The average Bonchev–Trinajstić information content (AvgIpc) is 2.98. The Morgan fingerprint density at radius 1 is 0.897 bits per heavy atom. The number of nitrogens with one attached hydrogen (secondary N) is 1. The SMILES string of the molecule is O=C([C@@H]1CCCN(c2c(-c3ccccc3)c3cc(Cl)ccc3[nH]c2=O)C1)N1CCN(Cc2ccccc2)CC1. The van der Waals surface area contributed by atoms with Gasteiger partial charge in [-0.1, -0.05) is 72.3 Å². The molecular formula is C32H33ClN4O2. The predicted octanol–water partition coefficient (Wildman–Crippen LogP) is 5.41. The van der Waals surface area contributed by atoms with Crippen molar-refractivity contribution < 1.29 is 4.79 Å². The summed E-state index contributed by atoms with van der Waals surface area (Å²) in [6, 6.07) is 26.1. The molecule has 2 aliphatic rings. The van der Waals surface area contributed by atoms with Gasteiger partial charge in [0.1, 0.15) is 5.69 Å². The molecule has 4 aromatic rings. The van der Waals surface area contributed by atoms with E-state index in [1.807, 2.05) is 53.4 Å². The highest BCUT2D eigenvalue weighted by atomic mass is 35.5. The molecule has 0 radical (unpaired) electrons. The van der Waals surface area contributed by atoms with Crippen molar-refractivity contribution >= 4 is 34.1 Å². The van der Waals surface area contributed by atoms with E-state index >= 15 is 0 Å². The van der Waals surface area contributed by atoms with Gasteiger partial charge >= 0.3 is 0 Å². The summed E-state index contributed by atoms with van der Waals surface area (Å²) in [5.41, 5.74) is 4.39. The molecule has 1 atom stereocenters. The fraction of sp³-hybridized carbons (Fsp3) is 0.312. The summed E-state index contributed by atoms with van der Waals surface area (Å²) in [7, 11) is 0. The van der Waals surface area contributed by atoms with E-state index in [1.54, 1.807) is 6.07 Å². The molecule has 0 bridgehead atoms. The van der Waals surface area contributed by atoms with Gasteiger partial charge in [0.25, 0.3) is 5.56 Å². The van der Waals surface area contributed by atoms with Gasteiger partial charge in [-0.25, -0.2) is 0 Å². The molecule has 1 N–H and O–H groups in total. The van der Waals surface area contributed by atoms with Crippen molar-refractivity contribution in [3.63, 3.8) is 0 Å². The molecule has 2 saturated heterocycles. The van der Waals surface area contributed by atoms with Crippen LogP contribution in [0.2, 0.25) is 5.02 Å². The third kappa shape index (κ3) is 5.45. The Labute approximate surface area is 233 Å². The number of H-pyrrole nitrogens is 1. The highest BCUT2D eigenvalue weighted by molar-refractivity contribution is 6.31. The summed E-state index contributed by atoms with van der Waals surface area (Å²) < 4.78 is 0. The zero-order valence-electron chi connectivity index (χ0n) is 22.0. The van der Waals surface area contributed by atoms with Gasteiger partial charge in [-0.15, -0.1) is 0 Å². The van der Waals surface area contributed by atoms with Crippen LogP contribution in [0.4, 0.5) is 5.69 Å². The lowest BCUT2D eigenvalue weighted by Gasteiger charge is -2.39. The van der Waals surface area contributed by atoms with Crippen LogP contribution >= 0.6 is 11.6 Å². The highest BCUT2D eigenvalue weighted by Crippen LogP contribution is 2.37. The number of pyridine rings is 1. The second-order valence-electron chi connectivity index (χ2n) is 10.6. The van der Waals surface area contributed by atoms with Crippen LogP contribution in [0, 0.1) is 5.92 Å². The van der Waals surface area contributed by atoms with Crippen LogP contribution in [0.15, 0.2) is 83.7 Å². The first-order valence-electron chi connectivity index (χ1n) is 13.8. The summed E-state index contributed by atoms with van der Waals surface area (Å²) in [4.78, 5) is 36.8. The Morgan fingerprint density at radius 2 is 1.62 bits per heavy atom. The number of halogens is 1. The number of anilines is 1. The normalized spacial score (nSPS) is 18.4. The van der Waals surface area contributed by atoms with Crippen LogP contribution in [0.5, 0.6) is 0 Å². The first kappa shape index (κ1) is 25.7. The number of piperidine rings is 1. The van der Waals surface area contributed by atoms with Gasteiger partial charge in [0, 0.05) is 67.3 Å². The minimum absolute atomic E-state index is 0.127. The average molecular weight is 541 g/mol. The maximum absolute atomic E-state index is 13.7. The van der Waals surface area contributed by atoms with E-state index in [-0.39, 0.29) is 17.4 Å². The summed E-state index contributed by atoms with van der Waals surface area (Å²) >= 11 is 6.40. The van der Waals surface area contributed by atoms with Crippen molar-refractivity contribution in [2.24, 2.45) is 5.92 Å². The molecule has 6 rings (SSSR count). The molecule has 39 heavy (non-hydrogen) atoms. The Balaban J connectivity index is 1.23. The maximum Gasteiger partial charge on any atom is 0.272 e. The smallest absolute Gasteiger partial charge is 0.272 e. The van der Waals surface area contributed by atoms with E-state index in [1.165, 1.54) is 5.56 Å². The maximum atomic E-state index is 13.7.